The van der Waals surface area contributed by atoms with E-state index in [1.165, 1.54) is 25.0 Å². The Morgan fingerprint density at radius 2 is 2.05 bits per heavy atom. The molecule has 0 amide bonds. The van der Waals surface area contributed by atoms with Crippen molar-refractivity contribution in [3.05, 3.63) is 30.1 Å². The van der Waals surface area contributed by atoms with Crippen LogP contribution in [0.15, 0.2) is 24.3 Å². The number of hydrogen-bond acceptors (Lipinski definition) is 3. The quantitative estimate of drug-likeness (QED) is 0.859. The largest absolute Gasteiger partial charge is 0.492 e. The summed E-state index contributed by atoms with van der Waals surface area (Å²) in [7, 11) is 0. The van der Waals surface area contributed by atoms with Crippen LogP contribution in [-0.2, 0) is 0 Å². The van der Waals surface area contributed by atoms with Gasteiger partial charge in [-0.05, 0) is 50.1 Å². The van der Waals surface area contributed by atoms with Crippen LogP contribution in [0, 0.1) is 5.82 Å². The topological polar surface area (TPSA) is 32.7 Å². The van der Waals surface area contributed by atoms with Gasteiger partial charge in [-0.3, -0.25) is 4.90 Å². The Morgan fingerprint density at radius 1 is 1.26 bits per heavy atom. The van der Waals surface area contributed by atoms with Crippen molar-refractivity contribution < 1.29 is 14.2 Å². The van der Waals surface area contributed by atoms with Crippen molar-refractivity contribution in [3.63, 3.8) is 0 Å². The van der Waals surface area contributed by atoms with Gasteiger partial charge in [-0.15, -0.1) is 0 Å². The van der Waals surface area contributed by atoms with E-state index in [1.807, 2.05) is 0 Å². The first-order valence-corrected chi connectivity index (χ1v) is 7.03. The van der Waals surface area contributed by atoms with Gasteiger partial charge >= 0.3 is 0 Å². The second-order valence-electron chi connectivity index (χ2n) is 5.00. The Morgan fingerprint density at radius 3 is 2.79 bits per heavy atom. The molecule has 0 aliphatic carbocycles. The number of halogens is 1. The zero-order chi connectivity index (χ0) is 13.5. The molecule has 1 unspecified atom stereocenters. The average Bonchev–Trinajstić information content (AvgIpc) is 2.43. The lowest BCUT2D eigenvalue weighted by atomic mass is 10.00. The number of rotatable bonds is 6. The smallest absolute Gasteiger partial charge is 0.123 e. The summed E-state index contributed by atoms with van der Waals surface area (Å²) < 4.78 is 18.4. The van der Waals surface area contributed by atoms with Crippen LogP contribution in [0.4, 0.5) is 4.39 Å². The van der Waals surface area contributed by atoms with Crippen molar-refractivity contribution in [1.82, 2.24) is 4.90 Å². The first kappa shape index (κ1) is 14.3. The molecule has 1 heterocycles. The molecular formula is C15H22FNO2. The third-order valence-corrected chi connectivity index (χ3v) is 3.67. The zero-order valence-electron chi connectivity index (χ0n) is 11.2. The molecule has 0 spiro atoms. The number of hydrogen-bond donors (Lipinski definition) is 1. The number of aliphatic hydroxyl groups excluding tert-OH is 1. The van der Waals surface area contributed by atoms with Crippen LogP contribution in [0.25, 0.3) is 0 Å². The predicted molar refractivity (Wildman–Crippen MR) is 72.8 cm³/mol. The van der Waals surface area contributed by atoms with Gasteiger partial charge in [0.05, 0.1) is 0 Å². The summed E-state index contributed by atoms with van der Waals surface area (Å²) >= 11 is 0. The van der Waals surface area contributed by atoms with Gasteiger partial charge in [0.2, 0.25) is 0 Å². The standard InChI is InChI=1S/C15H22FNO2/c16-13-4-6-15(7-5-13)19-12-10-17-9-2-1-3-14(17)8-11-18/h4-7,14,18H,1-3,8-12H2. The lowest BCUT2D eigenvalue weighted by Gasteiger charge is -2.35. The van der Waals surface area contributed by atoms with Crippen molar-refractivity contribution in [2.24, 2.45) is 0 Å². The van der Waals surface area contributed by atoms with Crippen molar-refractivity contribution in [2.75, 3.05) is 26.3 Å². The van der Waals surface area contributed by atoms with Gasteiger partial charge in [0.1, 0.15) is 18.2 Å². The van der Waals surface area contributed by atoms with E-state index >= 15 is 0 Å². The van der Waals surface area contributed by atoms with Crippen LogP contribution >= 0.6 is 0 Å². The molecular weight excluding hydrogens is 245 g/mol. The van der Waals surface area contributed by atoms with E-state index in [0.717, 1.165) is 25.9 Å². The number of likely N-dealkylation sites (tertiary alicyclic amines) is 1. The van der Waals surface area contributed by atoms with Crippen LogP contribution in [-0.4, -0.2) is 42.4 Å². The molecule has 1 aliphatic rings. The van der Waals surface area contributed by atoms with Crippen molar-refractivity contribution >= 4 is 0 Å². The zero-order valence-corrected chi connectivity index (χ0v) is 11.2. The fourth-order valence-corrected chi connectivity index (χ4v) is 2.64. The number of aliphatic hydroxyl groups is 1. The maximum atomic E-state index is 12.7. The summed E-state index contributed by atoms with van der Waals surface area (Å²) in [6, 6.07) is 6.60. The Kier molecular flexibility index (Phi) is 5.61. The molecule has 1 atom stereocenters. The van der Waals surface area contributed by atoms with Gasteiger partial charge in [0.15, 0.2) is 0 Å². The number of ether oxygens (including phenoxy) is 1. The van der Waals surface area contributed by atoms with Crippen LogP contribution in [0.5, 0.6) is 5.75 Å². The fourth-order valence-electron chi connectivity index (χ4n) is 2.64. The fraction of sp³-hybridized carbons (Fsp3) is 0.600. The Bertz CT molecular complexity index is 367. The van der Waals surface area contributed by atoms with E-state index in [0.29, 0.717) is 18.4 Å². The van der Waals surface area contributed by atoms with Crippen LogP contribution < -0.4 is 4.74 Å². The molecule has 1 aromatic carbocycles. The summed E-state index contributed by atoms with van der Waals surface area (Å²) in [5.41, 5.74) is 0. The SMILES string of the molecule is OCCC1CCCCN1CCOc1ccc(F)cc1. The lowest BCUT2D eigenvalue weighted by molar-refractivity contribution is 0.102. The molecule has 0 aromatic heterocycles. The Balaban J connectivity index is 1.75. The van der Waals surface area contributed by atoms with Gasteiger partial charge in [-0.25, -0.2) is 4.39 Å². The van der Waals surface area contributed by atoms with E-state index in [4.69, 9.17) is 9.84 Å². The normalized spacial score (nSPS) is 20.4. The highest BCUT2D eigenvalue weighted by molar-refractivity contribution is 5.21. The predicted octanol–water partition coefficient (Wildman–Crippen LogP) is 2.44. The molecule has 0 radical (unpaired) electrons. The summed E-state index contributed by atoms with van der Waals surface area (Å²) in [5.74, 6) is 0.462. The van der Waals surface area contributed by atoms with E-state index in [9.17, 15) is 4.39 Å². The second kappa shape index (κ2) is 7.46. The van der Waals surface area contributed by atoms with Crippen LogP contribution in [0.1, 0.15) is 25.7 Å². The van der Waals surface area contributed by atoms with E-state index in [1.54, 1.807) is 12.1 Å². The maximum Gasteiger partial charge on any atom is 0.123 e. The van der Waals surface area contributed by atoms with Crippen molar-refractivity contribution in [3.8, 4) is 5.75 Å². The monoisotopic (exact) mass is 267 g/mol. The molecule has 3 nitrogen and oxygen atoms in total. The molecule has 106 valence electrons. The maximum absolute atomic E-state index is 12.7. The van der Waals surface area contributed by atoms with Gasteiger partial charge in [0.25, 0.3) is 0 Å². The summed E-state index contributed by atoms with van der Waals surface area (Å²) in [5, 5.41) is 9.07. The molecule has 1 saturated heterocycles. The summed E-state index contributed by atoms with van der Waals surface area (Å²) in [6.45, 7) is 2.80. The third-order valence-electron chi connectivity index (χ3n) is 3.67. The first-order chi connectivity index (χ1) is 9.29. The highest BCUT2D eigenvalue weighted by Crippen LogP contribution is 2.19. The molecule has 1 aromatic rings. The van der Waals surface area contributed by atoms with Crippen molar-refractivity contribution in [2.45, 2.75) is 31.7 Å². The molecule has 4 heteroatoms. The molecule has 1 aliphatic heterocycles. The second-order valence-corrected chi connectivity index (χ2v) is 5.00. The number of piperidine rings is 1. The van der Waals surface area contributed by atoms with E-state index in [2.05, 4.69) is 4.90 Å². The van der Waals surface area contributed by atoms with Gasteiger partial charge in [0, 0.05) is 19.2 Å². The Labute approximate surface area is 114 Å². The highest BCUT2D eigenvalue weighted by atomic mass is 19.1. The molecule has 2 rings (SSSR count). The number of nitrogens with zero attached hydrogens (tertiary/aromatic N) is 1. The minimum Gasteiger partial charge on any atom is -0.492 e. The lowest BCUT2D eigenvalue weighted by Crippen LogP contribution is -2.42. The van der Waals surface area contributed by atoms with Crippen molar-refractivity contribution in [1.29, 1.82) is 0 Å². The molecule has 1 fully saturated rings. The molecule has 0 saturated carbocycles. The average molecular weight is 267 g/mol. The van der Waals surface area contributed by atoms with Crippen LogP contribution in [0.2, 0.25) is 0 Å². The van der Waals surface area contributed by atoms with Gasteiger partial charge < -0.3 is 9.84 Å². The van der Waals surface area contributed by atoms with E-state index in [-0.39, 0.29) is 12.4 Å². The van der Waals surface area contributed by atoms with E-state index < -0.39 is 0 Å². The minimum absolute atomic E-state index is 0.244. The first-order valence-electron chi connectivity index (χ1n) is 7.03. The molecule has 0 bridgehead atoms. The molecule has 1 N–H and O–H groups in total. The molecule has 19 heavy (non-hydrogen) atoms. The van der Waals surface area contributed by atoms with Crippen LogP contribution in [0.3, 0.4) is 0 Å². The number of benzene rings is 1. The summed E-state index contributed by atoms with van der Waals surface area (Å²) in [6.07, 6.45) is 4.48. The van der Waals surface area contributed by atoms with Gasteiger partial charge in [-0.1, -0.05) is 6.42 Å². The van der Waals surface area contributed by atoms with Gasteiger partial charge in [-0.2, -0.15) is 0 Å². The summed E-state index contributed by atoms with van der Waals surface area (Å²) in [4.78, 5) is 2.39. The minimum atomic E-state index is -0.244. The third kappa shape index (κ3) is 4.48. The highest BCUT2D eigenvalue weighted by Gasteiger charge is 2.21. The Hall–Kier alpha value is -1.13.